The molecule has 1 aliphatic rings. The van der Waals surface area contributed by atoms with Gasteiger partial charge in [0.1, 0.15) is 23.1 Å². The second kappa shape index (κ2) is 7.56. The molecule has 1 heterocycles. The van der Waals surface area contributed by atoms with Gasteiger partial charge in [0.05, 0.1) is 17.0 Å². The number of para-hydroxylation sites is 1. The molecule has 0 saturated heterocycles. The Morgan fingerprint density at radius 2 is 2.00 bits per heavy atom. The molecule has 1 amide bonds. The van der Waals surface area contributed by atoms with Gasteiger partial charge in [0.2, 0.25) is 5.91 Å². The number of nitro groups is 1. The topological polar surface area (TPSA) is 114 Å². The third-order valence-electron chi connectivity index (χ3n) is 4.86. The number of aliphatic hydroxyl groups excluding tert-OH is 1. The summed E-state index contributed by atoms with van der Waals surface area (Å²) in [5, 5.41) is 28.3. The highest BCUT2D eigenvalue weighted by Crippen LogP contribution is 2.45. The summed E-state index contributed by atoms with van der Waals surface area (Å²) in [6, 6.07) is 9.58. The van der Waals surface area contributed by atoms with Crippen molar-refractivity contribution in [3.05, 3.63) is 64.2 Å². The van der Waals surface area contributed by atoms with Crippen LogP contribution in [0.4, 0.5) is 17.1 Å². The van der Waals surface area contributed by atoms with Crippen molar-refractivity contribution < 1.29 is 19.6 Å². The molecule has 29 heavy (non-hydrogen) atoms. The largest absolute Gasteiger partial charge is 0.484 e. The summed E-state index contributed by atoms with van der Waals surface area (Å²) in [6.45, 7) is 8.50. The SMILES string of the molecule is C=Cc1ccccc1NC1c2cc(NC(C)=O)c([N+](=O)[O-])cc2OC(C)(C)C1O. The van der Waals surface area contributed by atoms with E-state index >= 15 is 0 Å². The van der Waals surface area contributed by atoms with Crippen molar-refractivity contribution in [1.29, 1.82) is 0 Å². The number of carbonyl (C=O) groups is 1. The fourth-order valence-corrected chi connectivity index (χ4v) is 3.40. The molecular weight excluding hydrogens is 374 g/mol. The monoisotopic (exact) mass is 397 g/mol. The maximum absolute atomic E-state index is 11.5. The summed E-state index contributed by atoms with van der Waals surface area (Å²) in [7, 11) is 0. The zero-order chi connectivity index (χ0) is 21.3. The van der Waals surface area contributed by atoms with Crippen molar-refractivity contribution in [3.8, 4) is 5.75 Å². The van der Waals surface area contributed by atoms with Crippen LogP contribution in [0.1, 0.15) is 37.9 Å². The van der Waals surface area contributed by atoms with E-state index in [-0.39, 0.29) is 17.1 Å². The Kier molecular flexibility index (Phi) is 5.30. The van der Waals surface area contributed by atoms with Crippen LogP contribution in [0.25, 0.3) is 6.08 Å². The Labute approximate surface area is 168 Å². The highest BCUT2D eigenvalue weighted by molar-refractivity contribution is 5.92. The number of nitrogens with zero attached hydrogens (tertiary/aromatic N) is 1. The van der Waals surface area contributed by atoms with Gasteiger partial charge in [-0.05, 0) is 31.5 Å². The van der Waals surface area contributed by atoms with Crippen LogP contribution in [0.5, 0.6) is 5.75 Å². The molecule has 0 radical (unpaired) electrons. The molecule has 0 spiro atoms. The average Bonchev–Trinajstić information content (AvgIpc) is 2.65. The number of benzene rings is 2. The first-order valence-electron chi connectivity index (χ1n) is 9.09. The van der Waals surface area contributed by atoms with Gasteiger partial charge in [-0.1, -0.05) is 30.9 Å². The van der Waals surface area contributed by atoms with Gasteiger partial charge < -0.3 is 20.5 Å². The van der Waals surface area contributed by atoms with Crippen LogP contribution < -0.4 is 15.4 Å². The highest BCUT2D eigenvalue weighted by Gasteiger charge is 2.44. The summed E-state index contributed by atoms with van der Waals surface area (Å²) in [4.78, 5) is 22.5. The van der Waals surface area contributed by atoms with Crippen molar-refractivity contribution in [3.63, 3.8) is 0 Å². The summed E-state index contributed by atoms with van der Waals surface area (Å²) >= 11 is 0. The molecule has 3 rings (SSSR count). The van der Waals surface area contributed by atoms with E-state index in [1.54, 1.807) is 19.9 Å². The molecule has 2 aromatic carbocycles. The predicted molar refractivity (Wildman–Crippen MR) is 111 cm³/mol. The minimum atomic E-state index is -1.00. The van der Waals surface area contributed by atoms with E-state index in [0.717, 1.165) is 11.3 Å². The van der Waals surface area contributed by atoms with Crippen LogP contribution in [-0.2, 0) is 4.79 Å². The quantitative estimate of drug-likeness (QED) is 0.521. The lowest BCUT2D eigenvalue weighted by Crippen LogP contribution is -2.50. The number of aliphatic hydroxyl groups is 1. The first-order chi connectivity index (χ1) is 13.6. The molecule has 2 aromatic rings. The number of nitrogens with one attached hydrogen (secondary N) is 2. The van der Waals surface area contributed by atoms with E-state index in [4.69, 9.17) is 4.74 Å². The van der Waals surface area contributed by atoms with E-state index in [0.29, 0.717) is 5.56 Å². The van der Waals surface area contributed by atoms with Gasteiger partial charge in [-0.25, -0.2) is 0 Å². The molecular formula is C21H23N3O5. The predicted octanol–water partition coefficient (Wildman–Crippen LogP) is 3.88. The molecule has 1 aliphatic heterocycles. The zero-order valence-electron chi connectivity index (χ0n) is 16.4. The zero-order valence-corrected chi connectivity index (χ0v) is 16.4. The van der Waals surface area contributed by atoms with Crippen molar-refractivity contribution in [2.75, 3.05) is 10.6 Å². The van der Waals surface area contributed by atoms with Crippen LogP contribution in [0.15, 0.2) is 43.0 Å². The number of carbonyl (C=O) groups excluding carboxylic acids is 1. The third kappa shape index (κ3) is 3.93. The van der Waals surface area contributed by atoms with Gasteiger partial charge in [-0.15, -0.1) is 0 Å². The number of nitro benzene ring substituents is 1. The third-order valence-corrected chi connectivity index (χ3v) is 4.86. The molecule has 8 nitrogen and oxygen atoms in total. The Hall–Kier alpha value is -3.39. The molecule has 2 unspecified atom stereocenters. The lowest BCUT2D eigenvalue weighted by molar-refractivity contribution is -0.384. The van der Waals surface area contributed by atoms with E-state index in [2.05, 4.69) is 17.2 Å². The summed E-state index contributed by atoms with van der Waals surface area (Å²) in [6.07, 6.45) is 0.720. The number of fused-ring (bicyclic) bond motifs is 1. The number of ether oxygens (including phenoxy) is 1. The maximum Gasteiger partial charge on any atom is 0.296 e. The Balaban J connectivity index is 2.15. The molecule has 3 N–H and O–H groups in total. The summed E-state index contributed by atoms with van der Waals surface area (Å²) in [5.74, 6) is -0.165. The fraction of sp³-hybridized carbons (Fsp3) is 0.286. The Morgan fingerprint density at radius 3 is 2.62 bits per heavy atom. The standard InChI is InChI=1S/C21H23N3O5/c1-5-13-8-6-7-9-15(13)23-19-14-10-16(22-12(2)25)17(24(27)28)11-18(14)29-21(3,4)20(19)26/h5-11,19-20,23,26H,1H2,2-4H3,(H,22,25). The average molecular weight is 397 g/mol. The van der Waals surface area contributed by atoms with E-state index < -0.39 is 28.6 Å². The molecule has 0 bridgehead atoms. The number of amides is 1. The molecule has 2 atom stereocenters. The number of hydrogen-bond acceptors (Lipinski definition) is 6. The summed E-state index contributed by atoms with van der Waals surface area (Å²) < 4.78 is 5.88. The van der Waals surface area contributed by atoms with Crippen LogP contribution in [0.3, 0.4) is 0 Å². The minimum absolute atomic E-state index is 0.0422. The second-order valence-corrected chi connectivity index (χ2v) is 7.41. The number of anilines is 2. The maximum atomic E-state index is 11.5. The van der Waals surface area contributed by atoms with Gasteiger partial charge in [-0.2, -0.15) is 0 Å². The minimum Gasteiger partial charge on any atom is -0.484 e. The first kappa shape index (κ1) is 20.3. The fourth-order valence-electron chi connectivity index (χ4n) is 3.40. The molecule has 152 valence electrons. The van der Waals surface area contributed by atoms with Crippen molar-refractivity contribution >= 4 is 29.0 Å². The molecule has 8 heteroatoms. The number of rotatable bonds is 5. The normalized spacial score (nSPS) is 19.4. The van der Waals surface area contributed by atoms with E-state index in [1.165, 1.54) is 19.1 Å². The van der Waals surface area contributed by atoms with Gasteiger partial charge in [0.25, 0.3) is 5.69 Å². The Morgan fingerprint density at radius 1 is 1.31 bits per heavy atom. The summed E-state index contributed by atoms with van der Waals surface area (Å²) in [5.41, 5.74) is 0.850. The van der Waals surface area contributed by atoms with Crippen LogP contribution in [-0.4, -0.2) is 27.6 Å². The lowest BCUT2D eigenvalue weighted by atomic mass is 9.85. The second-order valence-electron chi connectivity index (χ2n) is 7.41. The smallest absolute Gasteiger partial charge is 0.296 e. The molecule has 0 saturated carbocycles. The van der Waals surface area contributed by atoms with Crippen molar-refractivity contribution in [2.24, 2.45) is 0 Å². The van der Waals surface area contributed by atoms with E-state index in [1.807, 2.05) is 24.3 Å². The molecule has 0 fully saturated rings. The van der Waals surface area contributed by atoms with Crippen molar-refractivity contribution in [1.82, 2.24) is 0 Å². The van der Waals surface area contributed by atoms with Crippen molar-refractivity contribution in [2.45, 2.75) is 38.5 Å². The van der Waals surface area contributed by atoms with Gasteiger partial charge >= 0.3 is 0 Å². The van der Waals surface area contributed by atoms with Crippen LogP contribution in [0, 0.1) is 10.1 Å². The molecule has 0 aromatic heterocycles. The van der Waals surface area contributed by atoms with Gasteiger partial charge in [0.15, 0.2) is 0 Å². The Bertz CT molecular complexity index is 986. The van der Waals surface area contributed by atoms with Gasteiger partial charge in [-0.3, -0.25) is 14.9 Å². The number of hydrogen-bond donors (Lipinski definition) is 3. The van der Waals surface area contributed by atoms with Crippen LogP contribution >= 0.6 is 0 Å². The molecule has 0 aliphatic carbocycles. The highest BCUT2D eigenvalue weighted by atomic mass is 16.6. The van der Waals surface area contributed by atoms with Gasteiger partial charge in [0, 0.05) is 18.2 Å². The van der Waals surface area contributed by atoms with Crippen LogP contribution in [0.2, 0.25) is 0 Å². The van der Waals surface area contributed by atoms with E-state index in [9.17, 15) is 20.0 Å². The lowest BCUT2D eigenvalue weighted by Gasteiger charge is -2.42. The first-order valence-corrected chi connectivity index (χ1v) is 9.09.